The van der Waals surface area contributed by atoms with Crippen LogP contribution in [-0.2, 0) is 6.42 Å². The summed E-state index contributed by atoms with van der Waals surface area (Å²) in [6, 6.07) is 25.9. The van der Waals surface area contributed by atoms with Crippen LogP contribution in [0, 0.1) is 0 Å². The fourth-order valence-corrected chi connectivity index (χ4v) is 5.43. The molecule has 1 aliphatic rings. The average Bonchev–Trinajstić information content (AvgIpc) is 3.27. The Hall–Kier alpha value is -5.08. The van der Waals surface area contributed by atoms with Crippen molar-refractivity contribution in [2.24, 2.45) is 0 Å². The van der Waals surface area contributed by atoms with E-state index in [1.165, 1.54) is 38.4 Å². The average molecular weight is 533 g/mol. The first-order chi connectivity index (χ1) is 20.1. The molecule has 0 aromatic heterocycles. The molecule has 0 radical (unpaired) electrons. The van der Waals surface area contributed by atoms with Crippen molar-refractivity contribution < 1.29 is 0 Å². The van der Waals surface area contributed by atoms with Gasteiger partial charge >= 0.3 is 0 Å². The molecule has 2 nitrogen and oxygen atoms in total. The summed E-state index contributed by atoms with van der Waals surface area (Å²) in [7, 11) is 2.16. The van der Waals surface area contributed by atoms with E-state index in [2.05, 4.69) is 146 Å². The monoisotopic (exact) mass is 532 g/mol. The van der Waals surface area contributed by atoms with Crippen LogP contribution in [0.25, 0.3) is 27.6 Å². The van der Waals surface area contributed by atoms with Crippen molar-refractivity contribution in [2.75, 3.05) is 23.4 Å². The lowest BCUT2D eigenvalue weighted by atomic mass is 9.94. The molecular formula is C39H36N2. The lowest BCUT2D eigenvalue weighted by Crippen LogP contribution is -2.21. The maximum absolute atomic E-state index is 4.10. The molecule has 0 N–H and O–H groups in total. The molecule has 0 bridgehead atoms. The van der Waals surface area contributed by atoms with Crippen LogP contribution in [0.2, 0.25) is 0 Å². The highest BCUT2D eigenvalue weighted by Crippen LogP contribution is 2.34. The van der Waals surface area contributed by atoms with E-state index >= 15 is 0 Å². The van der Waals surface area contributed by atoms with Gasteiger partial charge in [0.15, 0.2) is 0 Å². The SMILES string of the molecule is C=C/C=C(\C=C)N(C(/C=C\CN(C)c1cc2ccccc2c2c1C=CC=CC2)=C/C=C)c1ccc2ccccc2c1. The highest BCUT2D eigenvalue weighted by molar-refractivity contribution is 5.95. The van der Waals surface area contributed by atoms with Gasteiger partial charge in [-0.25, -0.2) is 0 Å². The molecule has 0 atom stereocenters. The van der Waals surface area contributed by atoms with Crippen LogP contribution in [0.15, 0.2) is 165 Å². The standard InChI is InChI=1S/C39H36N2/c1-5-16-33(7-3)41(35-26-25-30-18-11-12-19-31(30)28-35)34(17-6-2)21-15-27-40(4)39-29-32-20-13-14-22-36(32)37-23-9-8-10-24-38(37)39/h5-22,24-26,28-29H,1-3,23,27H2,4H3/b21-15-,33-16+,34-17+. The molecule has 0 aliphatic heterocycles. The van der Waals surface area contributed by atoms with Crippen molar-refractivity contribution in [1.29, 1.82) is 0 Å². The summed E-state index contributed by atoms with van der Waals surface area (Å²) in [5, 5.41) is 4.97. The minimum absolute atomic E-state index is 0.737. The minimum Gasteiger partial charge on any atom is -0.370 e. The molecular weight excluding hydrogens is 496 g/mol. The van der Waals surface area contributed by atoms with Crippen LogP contribution < -0.4 is 9.80 Å². The van der Waals surface area contributed by atoms with Gasteiger partial charge in [-0.1, -0.05) is 117 Å². The van der Waals surface area contributed by atoms with E-state index in [1.54, 1.807) is 6.08 Å². The lowest BCUT2D eigenvalue weighted by molar-refractivity contribution is 1.02. The Morgan fingerprint density at radius 3 is 2.32 bits per heavy atom. The van der Waals surface area contributed by atoms with Gasteiger partial charge in [0, 0.05) is 41.9 Å². The third kappa shape index (κ3) is 5.92. The van der Waals surface area contributed by atoms with Crippen LogP contribution in [0.5, 0.6) is 0 Å². The van der Waals surface area contributed by atoms with E-state index < -0.39 is 0 Å². The molecule has 0 spiro atoms. The minimum atomic E-state index is 0.737. The summed E-state index contributed by atoms with van der Waals surface area (Å²) >= 11 is 0. The number of allylic oxidation sites excluding steroid dienone is 9. The number of anilines is 2. The van der Waals surface area contributed by atoms with Gasteiger partial charge in [0.2, 0.25) is 0 Å². The summed E-state index contributed by atoms with van der Waals surface area (Å²) in [5.41, 5.74) is 6.84. The van der Waals surface area contributed by atoms with Gasteiger partial charge in [0.1, 0.15) is 0 Å². The van der Waals surface area contributed by atoms with E-state index in [9.17, 15) is 0 Å². The number of rotatable bonds is 10. The molecule has 4 aromatic carbocycles. The Labute approximate surface area is 244 Å². The maximum Gasteiger partial charge on any atom is 0.0467 e. The maximum atomic E-state index is 4.10. The molecule has 0 saturated carbocycles. The number of fused-ring (bicyclic) bond motifs is 4. The Kier molecular flexibility index (Phi) is 8.61. The second-order valence-electron chi connectivity index (χ2n) is 10.0. The van der Waals surface area contributed by atoms with Gasteiger partial charge in [-0.3, -0.25) is 0 Å². The fourth-order valence-electron chi connectivity index (χ4n) is 5.43. The zero-order valence-corrected chi connectivity index (χ0v) is 23.7. The smallest absolute Gasteiger partial charge is 0.0467 e. The quantitative estimate of drug-likeness (QED) is 0.188. The predicted octanol–water partition coefficient (Wildman–Crippen LogP) is 9.94. The Morgan fingerprint density at radius 2 is 1.54 bits per heavy atom. The second kappa shape index (κ2) is 12.8. The van der Waals surface area contributed by atoms with Crippen molar-refractivity contribution in [3.05, 3.63) is 176 Å². The van der Waals surface area contributed by atoms with Gasteiger partial charge in [-0.15, -0.1) is 0 Å². The van der Waals surface area contributed by atoms with Crippen LogP contribution in [0.4, 0.5) is 11.4 Å². The molecule has 202 valence electrons. The summed E-state index contributed by atoms with van der Waals surface area (Å²) in [5.74, 6) is 0. The van der Waals surface area contributed by atoms with Gasteiger partial charge < -0.3 is 9.80 Å². The third-order valence-corrected chi connectivity index (χ3v) is 7.38. The van der Waals surface area contributed by atoms with Gasteiger partial charge in [0.25, 0.3) is 0 Å². The Morgan fingerprint density at radius 1 is 0.805 bits per heavy atom. The molecule has 41 heavy (non-hydrogen) atoms. The Balaban J connectivity index is 1.50. The first-order valence-corrected chi connectivity index (χ1v) is 14.0. The zero-order valence-electron chi connectivity index (χ0n) is 23.7. The second-order valence-corrected chi connectivity index (χ2v) is 10.0. The number of hydrogen-bond acceptors (Lipinski definition) is 2. The van der Waals surface area contributed by atoms with E-state index in [0.29, 0.717) is 0 Å². The molecule has 0 amide bonds. The molecule has 0 heterocycles. The predicted molar refractivity (Wildman–Crippen MR) is 181 cm³/mol. The van der Waals surface area contributed by atoms with E-state index in [-0.39, 0.29) is 0 Å². The summed E-state index contributed by atoms with van der Waals surface area (Å²) < 4.78 is 0. The molecule has 1 aliphatic carbocycles. The van der Waals surface area contributed by atoms with Crippen LogP contribution in [0.1, 0.15) is 11.1 Å². The van der Waals surface area contributed by atoms with Crippen molar-refractivity contribution in [3.8, 4) is 0 Å². The molecule has 0 saturated heterocycles. The molecule has 0 fully saturated rings. The highest BCUT2D eigenvalue weighted by Gasteiger charge is 2.16. The van der Waals surface area contributed by atoms with Gasteiger partial charge in [-0.2, -0.15) is 0 Å². The number of likely N-dealkylation sites (N-methyl/N-ethyl adjacent to an activating group) is 1. The topological polar surface area (TPSA) is 6.48 Å². The summed E-state index contributed by atoms with van der Waals surface area (Å²) in [4.78, 5) is 4.51. The van der Waals surface area contributed by atoms with Crippen molar-refractivity contribution in [2.45, 2.75) is 6.42 Å². The highest BCUT2D eigenvalue weighted by atomic mass is 15.2. The molecule has 4 aromatic rings. The molecule has 2 heteroatoms. The normalized spacial score (nSPS) is 13.3. The first kappa shape index (κ1) is 27.5. The summed E-state index contributed by atoms with van der Waals surface area (Å²) in [6.07, 6.45) is 23.5. The van der Waals surface area contributed by atoms with Crippen LogP contribution in [0.3, 0.4) is 0 Å². The van der Waals surface area contributed by atoms with Crippen LogP contribution >= 0.6 is 0 Å². The molecule has 5 rings (SSSR count). The largest absolute Gasteiger partial charge is 0.370 e. The van der Waals surface area contributed by atoms with Crippen LogP contribution in [-0.4, -0.2) is 13.6 Å². The number of benzene rings is 4. The molecule has 0 unspecified atom stereocenters. The number of hydrogen-bond donors (Lipinski definition) is 0. The van der Waals surface area contributed by atoms with E-state index in [4.69, 9.17) is 0 Å². The van der Waals surface area contributed by atoms with Crippen molar-refractivity contribution >= 4 is 39.0 Å². The Bertz CT molecular complexity index is 1760. The van der Waals surface area contributed by atoms with E-state index in [1.807, 2.05) is 24.3 Å². The number of nitrogens with zero attached hydrogens (tertiary/aromatic N) is 2. The van der Waals surface area contributed by atoms with Crippen molar-refractivity contribution in [3.63, 3.8) is 0 Å². The van der Waals surface area contributed by atoms with Gasteiger partial charge in [0.05, 0.1) is 0 Å². The van der Waals surface area contributed by atoms with Gasteiger partial charge in [-0.05, 0) is 76.0 Å². The lowest BCUT2D eigenvalue weighted by Gasteiger charge is -2.28. The zero-order chi connectivity index (χ0) is 28.6. The van der Waals surface area contributed by atoms with E-state index in [0.717, 1.165) is 30.0 Å². The summed E-state index contributed by atoms with van der Waals surface area (Å²) in [6.45, 7) is 12.8. The van der Waals surface area contributed by atoms with Crippen molar-refractivity contribution in [1.82, 2.24) is 0 Å². The fraction of sp³-hybridized carbons (Fsp3) is 0.0769. The first-order valence-electron chi connectivity index (χ1n) is 14.0. The third-order valence-electron chi connectivity index (χ3n) is 7.38.